The number of rotatable bonds is 9. The number of hydrogen-bond acceptors (Lipinski definition) is 6. The van der Waals surface area contributed by atoms with Gasteiger partial charge in [0.2, 0.25) is 0 Å². The fourth-order valence-electron chi connectivity index (χ4n) is 3.88. The molecular formula is C24H27ClFN3O4. The normalized spacial score (nSPS) is 21.2. The Bertz CT molecular complexity index is 1050. The molecule has 4 rings (SSSR count). The number of halogens is 2. The molecule has 1 aliphatic heterocycles. The Balaban J connectivity index is 1.33. The lowest BCUT2D eigenvalue weighted by Crippen LogP contribution is -2.59. The summed E-state index contributed by atoms with van der Waals surface area (Å²) in [5, 5.41) is 25.6. The number of benzene rings is 2. The third-order valence-electron chi connectivity index (χ3n) is 5.67. The van der Waals surface area contributed by atoms with Crippen LogP contribution in [0.4, 0.5) is 4.39 Å². The number of aliphatic hydroxyl groups excluding tert-OH is 1. The Kier molecular flexibility index (Phi) is 7.49. The number of hydrogen-bond donors (Lipinski definition) is 2. The summed E-state index contributed by atoms with van der Waals surface area (Å²) in [5.41, 5.74) is -0.447. The number of nitrogens with zero attached hydrogens (tertiary/aromatic N) is 3. The molecule has 176 valence electrons. The molecule has 1 aromatic heterocycles. The zero-order chi connectivity index (χ0) is 23.3. The number of aliphatic hydroxyl groups is 2. The average molecular weight is 476 g/mol. The van der Waals surface area contributed by atoms with Gasteiger partial charge in [0.05, 0.1) is 17.7 Å². The molecule has 2 aromatic carbocycles. The van der Waals surface area contributed by atoms with Crippen LogP contribution >= 0.6 is 11.6 Å². The molecule has 2 atom stereocenters. The maximum Gasteiger partial charge on any atom is 0.145 e. The highest BCUT2D eigenvalue weighted by Gasteiger charge is 2.42. The molecule has 9 heteroatoms. The van der Waals surface area contributed by atoms with Crippen LogP contribution in [0.25, 0.3) is 0 Å². The molecule has 1 saturated heterocycles. The molecule has 0 bridgehead atoms. The van der Waals surface area contributed by atoms with Crippen molar-refractivity contribution in [3.63, 3.8) is 0 Å². The van der Waals surface area contributed by atoms with E-state index in [0.29, 0.717) is 32.7 Å². The van der Waals surface area contributed by atoms with Gasteiger partial charge in [0.25, 0.3) is 0 Å². The molecule has 1 fully saturated rings. The predicted molar refractivity (Wildman–Crippen MR) is 122 cm³/mol. The van der Waals surface area contributed by atoms with Crippen molar-refractivity contribution in [2.45, 2.75) is 31.2 Å². The Morgan fingerprint density at radius 2 is 2.00 bits per heavy atom. The van der Waals surface area contributed by atoms with Crippen LogP contribution in [0.1, 0.15) is 12.0 Å². The van der Waals surface area contributed by atoms with E-state index in [-0.39, 0.29) is 23.9 Å². The summed E-state index contributed by atoms with van der Waals surface area (Å²) in [5.74, 6) is 0.411. The van der Waals surface area contributed by atoms with E-state index < -0.39 is 17.5 Å². The summed E-state index contributed by atoms with van der Waals surface area (Å²) in [7, 11) is 0. The van der Waals surface area contributed by atoms with Crippen molar-refractivity contribution in [1.29, 1.82) is 0 Å². The molecule has 33 heavy (non-hydrogen) atoms. The van der Waals surface area contributed by atoms with Crippen molar-refractivity contribution in [2.75, 3.05) is 26.3 Å². The van der Waals surface area contributed by atoms with Crippen LogP contribution in [0.15, 0.2) is 60.9 Å². The minimum atomic E-state index is -1.48. The van der Waals surface area contributed by atoms with Crippen molar-refractivity contribution in [3.8, 4) is 11.5 Å². The second-order valence-corrected chi connectivity index (χ2v) is 8.66. The maximum absolute atomic E-state index is 13.7. The van der Waals surface area contributed by atoms with Gasteiger partial charge in [-0.2, -0.15) is 5.10 Å². The molecule has 0 amide bonds. The Morgan fingerprint density at radius 1 is 1.15 bits per heavy atom. The summed E-state index contributed by atoms with van der Waals surface area (Å²) in [4.78, 5) is 2.06. The lowest BCUT2D eigenvalue weighted by atomic mass is 9.90. The molecule has 2 N–H and O–H groups in total. The van der Waals surface area contributed by atoms with E-state index in [1.165, 1.54) is 12.1 Å². The van der Waals surface area contributed by atoms with Crippen molar-refractivity contribution >= 4 is 11.6 Å². The van der Waals surface area contributed by atoms with E-state index in [1.54, 1.807) is 6.20 Å². The molecule has 0 unspecified atom stereocenters. The van der Waals surface area contributed by atoms with E-state index in [0.717, 1.165) is 17.4 Å². The van der Waals surface area contributed by atoms with E-state index in [1.807, 2.05) is 41.2 Å². The van der Waals surface area contributed by atoms with Crippen LogP contribution in [0, 0.1) is 5.82 Å². The molecule has 2 heterocycles. The van der Waals surface area contributed by atoms with Gasteiger partial charge in [0, 0.05) is 38.1 Å². The third kappa shape index (κ3) is 6.23. The fraction of sp³-hybridized carbons (Fsp3) is 0.375. The summed E-state index contributed by atoms with van der Waals surface area (Å²) in [6.45, 7) is 2.43. The van der Waals surface area contributed by atoms with Gasteiger partial charge in [0.15, 0.2) is 0 Å². The predicted octanol–water partition coefficient (Wildman–Crippen LogP) is 3.13. The van der Waals surface area contributed by atoms with Crippen LogP contribution in [-0.4, -0.2) is 62.9 Å². The van der Waals surface area contributed by atoms with E-state index in [4.69, 9.17) is 21.1 Å². The highest BCUT2D eigenvalue weighted by molar-refractivity contribution is 6.30. The van der Waals surface area contributed by atoms with E-state index >= 15 is 0 Å². The Hall–Kier alpha value is -2.65. The van der Waals surface area contributed by atoms with Crippen molar-refractivity contribution in [2.24, 2.45) is 0 Å². The number of piperidine rings is 1. The van der Waals surface area contributed by atoms with Crippen LogP contribution in [0.2, 0.25) is 5.02 Å². The lowest BCUT2D eigenvalue weighted by molar-refractivity contribution is -0.140. The first kappa shape index (κ1) is 23.5. The quantitative estimate of drug-likeness (QED) is 0.495. The largest absolute Gasteiger partial charge is 0.492 e. The molecule has 3 aromatic rings. The zero-order valence-corrected chi connectivity index (χ0v) is 18.9. The highest BCUT2D eigenvalue weighted by Crippen LogP contribution is 2.27. The van der Waals surface area contributed by atoms with Crippen LogP contribution < -0.4 is 9.47 Å². The summed E-state index contributed by atoms with van der Waals surface area (Å²) >= 11 is 5.70. The number of likely N-dealkylation sites (tertiary alicyclic amines) is 1. The van der Waals surface area contributed by atoms with Gasteiger partial charge in [0.1, 0.15) is 36.1 Å². The molecule has 1 aliphatic rings. The van der Waals surface area contributed by atoms with E-state index in [9.17, 15) is 14.6 Å². The molecule has 0 saturated carbocycles. The summed E-state index contributed by atoms with van der Waals surface area (Å²) in [6.07, 6.45) is 3.08. The van der Waals surface area contributed by atoms with Crippen molar-refractivity contribution < 1.29 is 24.1 Å². The third-order valence-corrected chi connectivity index (χ3v) is 5.98. The summed E-state index contributed by atoms with van der Waals surface area (Å²) < 4.78 is 26.9. The zero-order valence-electron chi connectivity index (χ0n) is 18.1. The molecule has 0 radical (unpaired) electrons. The number of β-amino-alcohol motifs (C(OH)–C–C–N with tert-alkyl or cyclic N) is 1. The first-order valence-electron chi connectivity index (χ1n) is 10.8. The van der Waals surface area contributed by atoms with Crippen molar-refractivity contribution in [1.82, 2.24) is 14.7 Å². The van der Waals surface area contributed by atoms with Gasteiger partial charge >= 0.3 is 0 Å². The highest BCUT2D eigenvalue weighted by atomic mass is 35.5. The molecule has 7 nitrogen and oxygen atoms in total. The fourth-order valence-corrected chi connectivity index (χ4v) is 4.00. The molecular weight excluding hydrogens is 449 g/mol. The van der Waals surface area contributed by atoms with Gasteiger partial charge in [-0.05, 0) is 42.3 Å². The Morgan fingerprint density at radius 3 is 2.79 bits per heavy atom. The minimum Gasteiger partial charge on any atom is -0.492 e. The van der Waals surface area contributed by atoms with Crippen LogP contribution in [0.3, 0.4) is 0 Å². The average Bonchev–Trinajstić information content (AvgIpc) is 3.31. The first-order chi connectivity index (χ1) is 15.9. The van der Waals surface area contributed by atoms with Gasteiger partial charge in [-0.15, -0.1) is 0 Å². The smallest absolute Gasteiger partial charge is 0.145 e. The van der Waals surface area contributed by atoms with Gasteiger partial charge in [-0.3, -0.25) is 9.58 Å². The number of aromatic nitrogens is 2. The number of ether oxygens (including phenoxy) is 2. The topological polar surface area (TPSA) is 80.0 Å². The molecule has 0 spiro atoms. The molecule has 0 aliphatic carbocycles. The van der Waals surface area contributed by atoms with Crippen LogP contribution in [-0.2, 0) is 13.1 Å². The van der Waals surface area contributed by atoms with Gasteiger partial charge in [-0.1, -0.05) is 23.7 Å². The summed E-state index contributed by atoms with van der Waals surface area (Å²) in [6, 6.07) is 13.8. The lowest BCUT2D eigenvalue weighted by Gasteiger charge is -2.42. The minimum absolute atomic E-state index is 0.00228. The standard InChI is InChI=1S/C24H27ClFN3O4/c25-21-6-5-20(14-22(21)26)33-17-24(31)16-28(10-7-23(24)30)15-18-3-1-4-19(13-18)32-12-11-29-9-2-8-27-29/h1-6,8-9,13-14,23,30-31H,7,10-12,15-17H2/t23-,24-/m0/s1. The Labute approximate surface area is 196 Å². The van der Waals surface area contributed by atoms with Crippen LogP contribution in [0.5, 0.6) is 11.5 Å². The van der Waals surface area contributed by atoms with E-state index in [2.05, 4.69) is 10.00 Å². The van der Waals surface area contributed by atoms with Gasteiger partial charge < -0.3 is 19.7 Å². The first-order valence-corrected chi connectivity index (χ1v) is 11.2. The SMILES string of the molecule is O[C@H]1CCN(Cc2cccc(OCCn3cccn3)c2)C[C@]1(O)COc1ccc(Cl)c(F)c1. The second kappa shape index (κ2) is 10.5. The van der Waals surface area contributed by atoms with Crippen molar-refractivity contribution in [3.05, 3.63) is 77.3 Å². The maximum atomic E-state index is 13.7. The second-order valence-electron chi connectivity index (χ2n) is 8.25. The monoisotopic (exact) mass is 475 g/mol. The van der Waals surface area contributed by atoms with Gasteiger partial charge in [-0.25, -0.2) is 4.39 Å².